The zero-order valence-electron chi connectivity index (χ0n) is 13.6. The summed E-state index contributed by atoms with van der Waals surface area (Å²) in [5, 5.41) is 0.953. The molecule has 0 aromatic carbocycles. The van der Waals surface area contributed by atoms with Gasteiger partial charge in [-0.2, -0.15) is 0 Å². The fourth-order valence-corrected chi connectivity index (χ4v) is 4.15. The molecule has 0 saturated carbocycles. The molecule has 0 N–H and O–H groups in total. The Morgan fingerprint density at radius 3 is 2.68 bits per heavy atom. The zero-order chi connectivity index (χ0) is 15.9. The van der Waals surface area contributed by atoms with Gasteiger partial charge in [-0.3, -0.25) is 4.79 Å². The van der Waals surface area contributed by atoms with Gasteiger partial charge in [-0.1, -0.05) is 0 Å². The van der Waals surface area contributed by atoms with Gasteiger partial charge in [0.25, 0.3) is 5.91 Å². The number of hydrogen-bond donors (Lipinski definition) is 0. The fourth-order valence-electron chi connectivity index (χ4n) is 3.26. The van der Waals surface area contributed by atoms with E-state index in [1.54, 1.807) is 0 Å². The van der Waals surface area contributed by atoms with E-state index >= 15 is 0 Å². The van der Waals surface area contributed by atoms with Gasteiger partial charge in [0.05, 0.1) is 16.4 Å². The lowest BCUT2D eigenvalue weighted by molar-refractivity contribution is 0.0707. The minimum Gasteiger partial charge on any atom is -0.337 e. The number of amides is 1. The number of likely N-dealkylation sites (tertiary alicyclic amines) is 1. The van der Waals surface area contributed by atoms with Crippen LogP contribution in [0.2, 0.25) is 0 Å². The molecule has 0 bridgehead atoms. The molecule has 1 saturated heterocycles. The molecule has 3 rings (SSSR count). The molecule has 1 aliphatic heterocycles. The van der Waals surface area contributed by atoms with Crippen molar-refractivity contribution in [2.24, 2.45) is 7.05 Å². The molecular formula is C16H22N4OS. The number of thiazole rings is 1. The third-order valence-corrected chi connectivity index (χ3v) is 5.27. The van der Waals surface area contributed by atoms with E-state index in [1.807, 2.05) is 38.9 Å². The lowest BCUT2D eigenvalue weighted by Crippen LogP contribution is -2.39. The molecule has 0 spiro atoms. The van der Waals surface area contributed by atoms with Gasteiger partial charge in [0.15, 0.2) is 0 Å². The Bertz CT molecular complexity index is 703. The molecule has 3 heterocycles. The van der Waals surface area contributed by atoms with E-state index in [1.165, 1.54) is 11.3 Å². The summed E-state index contributed by atoms with van der Waals surface area (Å²) in [6.45, 7) is 7.46. The molecule has 0 radical (unpaired) electrons. The van der Waals surface area contributed by atoms with Crippen LogP contribution in [-0.2, 0) is 7.05 Å². The normalized spacial score (nSPS) is 18.7. The van der Waals surface area contributed by atoms with Gasteiger partial charge < -0.3 is 9.47 Å². The second-order valence-electron chi connectivity index (χ2n) is 6.09. The number of carbonyl (C=O) groups is 1. The Balaban J connectivity index is 1.80. The quantitative estimate of drug-likeness (QED) is 0.855. The van der Waals surface area contributed by atoms with Crippen LogP contribution in [0.4, 0.5) is 0 Å². The van der Waals surface area contributed by atoms with E-state index in [2.05, 4.69) is 14.5 Å². The molecule has 6 heteroatoms. The van der Waals surface area contributed by atoms with Gasteiger partial charge in [0.2, 0.25) is 0 Å². The van der Waals surface area contributed by atoms with Crippen molar-refractivity contribution in [3.05, 3.63) is 33.3 Å². The summed E-state index contributed by atoms with van der Waals surface area (Å²) in [7, 11) is 2.03. The molecular weight excluding hydrogens is 296 g/mol. The summed E-state index contributed by atoms with van der Waals surface area (Å²) in [6, 6.07) is 0. The first-order chi connectivity index (χ1) is 10.5. The highest BCUT2D eigenvalue weighted by atomic mass is 32.1. The Morgan fingerprint density at radius 2 is 2.09 bits per heavy atom. The first-order valence-corrected chi connectivity index (χ1v) is 8.50. The van der Waals surface area contributed by atoms with Crippen molar-refractivity contribution < 1.29 is 4.79 Å². The van der Waals surface area contributed by atoms with Gasteiger partial charge in [0, 0.05) is 32.3 Å². The largest absolute Gasteiger partial charge is 0.337 e. The highest BCUT2D eigenvalue weighted by molar-refractivity contribution is 7.13. The molecule has 118 valence electrons. The maximum absolute atomic E-state index is 12.8. The van der Waals surface area contributed by atoms with E-state index < -0.39 is 0 Å². The second-order valence-corrected chi connectivity index (χ2v) is 7.29. The van der Waals surface area contributed by atoms with Crippen LogP contribution in [0.1, 0.15) is 50.7 Å². The van der Waals surface area contributed by atoms with Crippen LogP contribution in [0.5, 0.6) is 0 Å². The predicted molar refractivity (Wildman–Crippen MR) is 87.4 cm³/mol. The number of aryl methyl sites for hydroxylation is 4. The van der Waals surface area contributed by atoms with Gasteiger partial charge in [-0.05, 0) is 33.6 Å². The second kappa shape index (κ2) is 5.83. The van der Waals surface area contributed by atoms with E-state index in [9.17, 15) is 4.79 Å². The van der Waals surface area contributed by atoms with Crippen LogP contribution in [-0.4, -0.2) is 38.4 Å². The Hall–Kier alpha value is -1.69. The minimum absolute atomic E-state index is 0.124. The Kier molecular flexibility index (Phi) is 4.04. The van der Waals surface area contributed by atoms with Crippen LogP contribution < -0.4 is 0 Å². The summed E-state index contributed by atoms with van der Waals surface area (Å²) >= 11 is 1.50. The first-order valence-electron chi connectivity index (χ1n) is 7.69. The van der Waals surface area contributed by atoms with Crippen molar-refractivity contribution in [1.29, 1.82) is 0 Å². The molecule has 1 fully saturated rings. The summed E-state index contributed by atoms with van der Waals surface area (Å²) in [6.07, 6.45) is 4.17. The van der Waals surface area contributed by atoms with Gasteiger partial charge in [-0.25, -0.2) is 9.97 Å². The number of hydrogen-bond acceptors (Lipinski definition) is 4. The minimum atomic E-state index is 0.124. The van der Waals surface area contributed by atoms with Crippen molar-refractivity contribution in [3.63, 3.8) is 0 Å². The molecule has 1 aliphatic rings. The number of imidazole rings is 1. The van der Waals surface area contributed by atoms with Crippen molar-refractivity contribution in [3.8, 4) is 0 Å². The van der Waals surface area contributed by atoms with Crippen LogP contribution in [0.15, 0.2) is 6.20 Å². The SMILES string of the molecule is Cc1cn(C)c(C2CCCN(C(=O)c3sc(C)nc3C)C2)n1. The molecule has 2 aromatic heterocycles. The summed E-state index contributed by atoms with van der Waals surface area (Å²) in [4.78, 5) is 24.5. The van der Waals surface area contributed by atoms with E-state index in [0.29, 0.717) is 5.92 Å². The molecule has 1 atom stereocenters. The maximum atomic E-state index is 12.8. The average Bonchev–Trinajstić information content (AvgIpc) is 2.99. The molecule has 1 unspecified atom stereocenters. The number of rotatable bonds is 2. The van der Waals surface area contributed by atoms with Crippen molar-refractivity contribution >= 4 is 17.2 Å². The molecule has 5 nitrogen and oxygen atoms in total. The monoisotopic (exact) mass is 318 g/mol. The number of nitrogens with zero attached hydrogens (tertiary/aromatic N) is 4. The molecule has 1 amide bonds. The number of piperidine rings is 1. The Labute approximate surface area is 135 Å². The van der Waals surface area contributed by atoms with Crippen LogP contribution in [0.25, 0.3) is 0 Å². The zero-order valence-corrected chi connectivity index (χ0v) is 14.4. The van der Waals surface area contributed by atoms with Gasteiger partial charge in [-0.15, -0.1) is 11.3 Å². The Morgan fingerprint density at radius 1 is 1.32 bits per heavy atom. The smallest absolute Gasteiger partial charge is 0.265 e. The number of aromatic nitrogens is 3. The van der Waals surface area contributed by atoms with Gasteiger partial charge >= 0.3 is 0 Å². The van der Waals surface area contributed by atoms with Crippen molar-refractivity contribution in [1.82, 2.24) is 19.4 Å². The van der Waals surface area contributed by atoms with E-state index in [-0.39, 0.29) is 5.91 Å². The molecule has 2 aromatic rings. The van der Waals surface area contributed by atoms with Crippen LogP contribution >= 0.6 is 11.3 Å². The standard InChI is InChI=1S/C16H22N4OS/c1-10-8-19(4)15(17-10)13-6-5-7-20(9-13)16(21)14-11(2)18-12(3)22-14/h8,13H,5-7,9H2,1-4H3. The van der Waals surface area contributed by atoms with Crippen molar-refractivity contribution in [2.45, 2.75) is 39.5 Å². The molecule has 22 heavy (non-hydrogen) atoms. The highest BCUT2D eigenvalue weighted by Gasteiger charge is 2.29. The summed E-state index contributed by atoms with van der Waals surface area (Å²) in [5.74, 6) is 1.54. The third-order valence-electron chi connectivity index (χ3n) is 4.20. The lowest BCUT2D eigenvalue weighted by atomic mass is 9.97. The third kappa shape index (κ3) is 2.79. The van der Waals surface area contributed by atoms with Gasteiger partial charge in [0.1, 0.15) is 10.7 Å². The highest BCUT2D eigenvalue weighted by Crippen LogP contribution is 2.28. The summed E-state index contributed by atoms with van der Waals surface area (Å²) in [5.41, 5.74) is 1.89. The fraction of sp³-hybridized carbons (Fsp3) is 0.562. The summed E-state index contributed by atoms with van der Waals surface area (Å²) < 4.78 is 2.09. The topological polar surface area (TPSA) is 51.0 Å². The first kappa shape index (κ1) is 15.2. The maximum Gasteiger partial charge on any atom is 0.265 e. The average molecular weight is 318 g/mol. The molecule has 0 aliphatic carbocycles. The van der Waals surface area contributed by atoms with E-state index in [4.69, 9.17) is 0 Å². The lowest BCUT2D eigenvalue weighted by Gasteiger charge is -2.32. The predicted octanol–water partition coefficient (Wildman–Crippen LogP) is 2.82. The van der Waals surface area contributed by atoms with Crippen molar-refractivity contribution in [2.75, 3.05) is 13.1 Å². The van der Waals surface area contributed by atoms with Crippen LogP contribution in [0.3, 0.4) is 0 Å². The van der Waals surface area contributed by atoms with Crippen LogP contribution in [0, 0.1) is 20.8 Å². The van der Waals surface area contributed by atoms with E-state index in [0.717, 1.165) is 53.0 Å². The number of carbonyl (C=O) groups excluding carboxylic acids is 1.